The van der Waals surface area contributed by atoms with E-state index in [1.807, 2.05) is 19.1 Å². The molecule has 1 N–H and O–H groups in total. The van der Waals surface area contributed by atoms with E-state index < -0.39 is 0 Å². The summed E-state index contributed by atoms with van der Waals surface area (Å²) in [4.78, 5) is 4.05. The van der Waals surface area contributed by atoms with Crippen LogP contribution in [0.15, 0.2) is 36.8 Å². The van der Waals surface area contributed by atoms with Gasteiger partial charge in [-0.25, -0.2) is 0 Å². The lowest BCUT2D eigenvalue weighted by molar-refractivity contribution is 0.852. The van der Waals surface area contributed by atoms with Gasteiger partial charge in [-0.1, -0.05) is 6.07 Å². The Labute approximate surface area is 99.2 Å². The van der Waals surface area contributed by atoms with Crippen molar-refractivity contribution in [3.05, 3.63) is 47.9 Å². The third-order valence-corrected chi connectivity index (χ3v) is 2.38. The van der Waals surface area contributed by atoms with Crippen LogP contribution in [0.1, 0.15) is 24.1 Å². The van der Waals surface area contributed by atoms with E-state index in [-0.39, 0.29) is 6.04 Å². The van der Waals surface area contributed by atoms with E-state index in [0.29, 0.717) is 11.4 Å². The fraction of sp³-hybridized carbons (Fsp3) is 0.167. The Morgan fingerprint density at radius 1 is 1.35 bits per heavy atom. The number of hydrogen-bond acceptors (Lipinski definition) is 5. The van der Waals surface area contributed by atoms with Gasteiger partial charge in [-0.15, -0.1) is 5.10 Å². The van der Waals surface area contributed by atoms with E-state index in [2.05, 4.69) is 26.6 Å². The zero-order valence-corrected chi connectivity index (χ0v) is 9.33. The van der Waals surface area contributed by atoms with Crippen LogP contribution >= 0.6 is 0 Å². The lowest BCUT2D eigenvalue weighted by Gasteiger charge is -2.14. The fourth-order valence-electron chi connectivity index (χ4n) is 1.45. The average Bonchev–Trinajstić information content (AvgIpc) is 2.40. The Bertz CT molecular complexity index is 532. The minimum atomic E-state index is 0.0208. The van der Waals surface area contributed by atoms with Gasteiger partial charge in [-0.3, -0.25) is 4.98 Å². The molecule has 84 valence electrons. The third-order valence-electron chi connectivity index (χ3n) is 2.38. The van der Waals surface area contributed by atoms with E-state index in [1.165, 1.54) is 6.20 Å². The molecule has 0 saturated heterocycles. The number of nitriles is 1. The maximum Gasteiger partial charge on any atom is 0.167 e. The van der Waals surface area contributed by atoms with Crippen molar-refractivity contribution in [1.29, 1.82) is 5.26 Å². The van der Waals surface area contributed by atoms with E-state index in [0.717, 1.165) is 5.56 Å². The van der Waals surface area contributed by atoms with Crippen LogP contribution in [0.5, 0.6) is 0 Å². The number of nitrogens with zero attached hydrogens (tertiary/aromatic N) is 4. The number of pyridine rings is 1. The van der Waals surface area contributed by atoms with Gasteiger partial charge in [0.25, 0.3) is 0 Å². The highest BCUT2D eigenvalue weighted by molar-refractivity contribution is 5.51. The Morgan fingerprint density at radius 3 is 2.94 bits per heavy atom. The molecule has 17 heavy (non-hydrogen) atoms. The summed E-state index contributed by atoms with van der Waals surface area (Å²) in [6.07, 6.45) is 5.00. The van der Waals surface area contributed by atoms with Gasteiger partial charge in [-0.05, 0) is 24.6 Å². The van der Waals surface area contributed by atoms with Crippen molar-refractivity contribution >= 4 is 5.82 Å². The first-order chi connectivity index (χ1) is 8.31. The molecule has 5 heteroatoms. The van der Waals surface area contributed by atoms with Gasteiger partial charge in [0.1, 0.15) is 6.07 Å². The Morgan fingerprint density at radius 2 is 2.24 bits per heavy atom. The van der Waals surface area contributed by atoms with E-state index >= 15 is 0 Å². The molecule has 2 aromatic rings. The van der Waals surface area contributed by atoms with Crippen LogP contribution in [0.2, 0.25) is 0 Å². The monoisotopic (exact) mass is 225 g/mol. The smallest absolute Gasteiger partial charge is 0.167 e. The number of aromatic nitrogens is 3. The first-order valence-electron chi connectivity index (χ1n) is 5.19. The molecule has 0 amide bonds. The lowest BCUT2D eigenvalue weighted by atomic mass is 10.1. The molecule has 0 bridgehead atoms. The fourth-order valence-corrected chi connectivity index (χ4v) is 1.45. The molecule has 0 aromatic carbocycles. The predicted octanol–water partition coefficient (Wildman–Crippen LogP) is 1.92. The Hall–Kier alpha value is -2.48. The number of anilines is 1. The Balaban J connectivity index is 2.19. The molecule has 2 rings (SSSR count). The van der Waals surface area contributed by atoms with E-state index in [1.54, 1.807) is 18.5 Å². The van der Waals surface area contributed by atoms with Crippen LogP contribution in [0.4, 0.5) is 5.82 Å². The lowest BCUT2D eigenvalue weighted by Crippen LogP contribution is -2.10. The second-order valence-corrected chi connectivity index (χ2v) is 3.56. The van der Waals surface area contributed by atoms with Crippen LogP contribution in [-0.2, 0) is 0 Å². The van der Waals surface area contributed by atoms with Gasteiger partial charge in [-0.2, -0.15) is 10.4 Å². The highest BCUT2D eigenvalue weighted by atomic mass is 15.2. The number of nitrogens with one attached hydrogen (secondary N) is 1. The molecule has 0 radical (unpaired) electrons. The minimum Gasteiger partial charge on any atom is -0.361 e. The van der Waals surface area contributed by atoms with Gasteiger partial charge in [0.05, 0.1) is 17.8 Å². The van der Waals surface area contributed by atoms with Crippen LogP contribution in [0.25, 0.3) is 0 Å². The van der Waals surface area contributed by atoms with Crippen molar-refractivity contribution in [2.24, 2.45) is 0 Å². The number of hydrogen-bond donors (Lipinski definition) is 1. The van der Waals surface area contributed by atoms with E-state index in [9.17, 15) is 0 Å². The largest absolute Gasteiger partial charge is 0.361 e. The summed E-state index contributed by atoms with van der Waals surface area (Å²) >= 11 is 0. The third kappa shape index (κ3) is 2.55. The van der Waals surface area contributed by atoms with E-state index in [4.69, 9.17) is 5.26 Å². The van der Waals surface area contributed by atoms with Gasteiger partial charge >= 0.3 is 0 Å². The average molecular weight is 225 g/mol. The highest BCUT2D eigenvalue weighted by Gasteiger charge is 2.09. The summed E-state index contributed by atoms with van der Waals surface area (Å²) in [7, 11) is 0. The molecule has 1 atom stereocenters. The molecule has 5 nitrogen and oxygen atoms in total. The molecule has 0 spiro atoms. The quantitative estimate of drug-likeness (QED) is 0.863. The standard InChI is InChI=1S/C12H11N5/c1-9(11-3-2-5-14-8-11)16-12-10(7-13)4-6-15-17-12/h2-6,8-9H,1H3,(H,16,17). The minimum absolute atomic E-state index is 0.0208. The summed E-state index contributed by atoms with van der Waals surface area (Å²) in [5.41, 5.74) is 1.51. The van der Waals surface area contributed by atoms with Crippen molar-refractivity contribution in [2.45, 2.75) is 13.0 Å². The zero-order valence-electron chi connectivity index (χ0n) is 9.33. The van der Waals surface area contributed by atoms with Gasteiger partial charge in [0.15, 0.2) is 5.82 Å². The topological polar surface area (TPSA) is 74.5 Å². The number of rotatable bonds is 3. The summed E-state index contributed by atoms with van der Waals surface area (Å²) in [5.74, 6) is 0.492. The molecule has 1 unspecified atom stereocenters. The summed E-state index contributed by atoms with van der Waals surface area (Å²) in [6, 6.07) is 7.56. The molecule has 2 heterocycles. The van der Waals surface area contributed by atoms with Gasteiger partial charge in [0.2, 0.25) is 0 Å². The van der Waals surface area contributed by atoms with Gasteiger partial charge in [0, 0.05) is 12.4 Å². The van der Waals surface area contributed by atoms with Crippen LogP contribution in [0.3, 0.4) is 0 Å². The van der Waals surface area contributed by atoms with Crippen LogP contribution in [0, 0.1) is 11.3 Å². The van der Waals surface area contributed by atoms with Crippen molar-refractivity contribution in [1.82, 2.24) is 15.2 Å². The second-order valence-electron chi connectivity index (χ2n) is 3.56. The maximum atomic E-state index is 8.93. The first-order valence-corrected chi connectivity index (χ1v) is 5.19. The van der Waals surface area contributed by atoms with Crippen LogP contribution in [-0.4, -0.2) is 15.2 Å². The SMILES string of the molecule is CC(Nc1nnccc1C#N)c1cccnc1. The highest BCUT2D eigenvalue weighted by Crippen LogP contribution is 2.18. The molecule has 0 aliphatic carbocycles. The van der Waals surface area contributed by atoms with Crippen molar-refractivity contribution in [3.8, 4) is 6.07 Å². The van der Waals surface area contributed by atoms with Crippen molar-refractivity contribution in [2.75, 3.05) is 5.32 Å². The zero-order chi connectivity index (χ0) is 12.1. The predicted molar refractivity (Wildman–Crippen MR) is 63.0 cm³/mol. The van der Waals surface area contributed by atoms with Gasteiger partial charge < -0.3 is 5.32 Å². The summed E-state index contributed by atoms with van der Waals surface area (Å²) < 4.78 is 0. The first kappa shape index (κ1) is 11.0. The molecule has 0 saturated carbocycles. The molecule has 2 aromatic heterocycles. The molecular formula is C12H11N5. The molecule has 0 fully saturated rings. The Kier molecular flexibility index (Phi) is 3.26. The summed E-state index contributed by atoms with van der Waals surface area (Å²) in [6.45, 7) is 1.98. The molecule has 0 aliphatic rings. The summed E-state index contributed by atoms with van der Waals surface area (Å²) in [5, 5.41) is 19.7. The maximum absolute atomic E-state index is 8.93. The molecular weight excluding hydrogens is 214 g/mol. The normalized spacial score (nSPS) is 11.5. The van der Waals surface area contributed by atoms with Crippen LogP contribution < -0.4 is 5.32 Å². The van der Waals surface area contributed by atoms with Crippen molar-refractivity contribution in [3.63, 3.8) is 0 Å². The molecule has 0 aliphatic heterocycles. The van der Waals surface area contributed by atoms with Crippen molar-refractivity contribution < 1.29 is 0 Å². The second kappa shape index (κ2) is 5.03.